The predicted molar refractivity (Wildman–Crippen MR) is 68.7 cm³/mol. The van der Waals surface area contributed by atoms with E-state index < -0.39 is 0 Å². The molecule has 1 rings (SSSR count). The van der Waals surface area contributed by atoms with Crippen molar-refractivity contribution in [1.29, 1.82) is 0 Å². The molecule has 1 aromatic heterocycles. The maximum absolute atomic E-state index is 6.16. The average Bonchev–Trinajstić information content (AvgIpc) is 2.44. The summed E-state index contributed by atoms with van der Waals surface area (Å²) in [6.45, 7) is 10.5. The van der Waals surface area contributed by atoms with Crippen molar-refractivity contribution in [3.8, 4) is 0 Å². The highest BCUT2D eigenvalue weighted by Gasteiger charge is 2.16. The summed E-state index contributed by atoms with van der Waals surface area (Å²) in [5.41, 5.74) is 2.45. The molecule has 0 aromatic carbocycles. The molecule has 0 saturated carbocycles. The van der Waals surface area contributed by atoms with Gasteiger partial charge in [0.25, 0.3) is 0 Å². The van der Waals surface area contributed by atoms with Crippen molar-refractivity contribution >= 4 is 11.6 Å². The Morgan fingerprint density at radius 1 is 1.44 bits per heavy atom. The molecule has 0 fully saturated rings. The quantitative estimate of drug-likeness (QED) is 0.862. The van der Waals surface area contributed by atoms with Crippen molar-refractivity contribution in [3.63, 3.8) is 0 Å². The number of aryl methyl sites for hydroxylation is 2. The van der Waals surface area contributed by atoms with Crippen LogP contribution in [-0.2, 0) is 13.6 Å². The summed E-state index contributed by atoms with van der Waals surface area (Å²) in [5, 5.41) is 8.48. The molecule has 1 heterocycles. The molecule has 0 aliphatic heterocycles. The SMILES string of the molecule is CCC(C)(C)CNCc1c(C)nn(C)c1Cl. The van der Waals surface area contributed by atoms with Crippen molar-refractivity contribution in [2.75, 3.05) is 6.54 Å². The second-order valence-electron chi connectivity index (χ2n) is 5.10. The molecule has 0 aliphatic rings. The Bertz CT molecular complexity index is 355. The molecule has 0 spiro atoms. The summed E-state index contributed by atoms with van der Waals surface area (Å²) < 4.78 is 1.72. The van der Waals surface area contributed by atoms with Gasteiger partial charge in [0.05, 0.1) is 5.69 Å². The number of nitrogens with one attached hydrogen (secondary N) is 1. The van der Waals surface area contributed by atoms with E-state index in [2.05, 4.69) is 31.2 Å². The van der Waals surface area contributed by atoms with E-state index in [0.29, 0.717) is 5.41 Å². The van der Waals surface area contributed by atoms with Crippen LogP contribution in [0.15, 0.2) is 0 Å². The normalized spacial score (nSPS) is 12.1. The maximum Gasteiger partial charge on any atom is 0.131 e. The largest absolute Gasteiger partial charge is 0.312 e. The van der Waals surface area contributed by atoms with E-state index in [-0.39, 0.29) is 0 Å². The Balaban J connectivity index is 2.55. The van der Waals surface area contributed by atoms with Crippen LogP contribution in [0.1, 0.15) is 38.4 Å². The summed E-state index contributed by atoms with van der Waals surface area (Å²) in [4.78, 5) is 0. The van der Waals surface area contributed by atoms with Crippen molar-refractivity contribution < 1.29 is 0 Å². The molecule has 0 unspecified atom stereocenters. The van der Waals surface area contributed by atoms with Crippen molar-refractivity contribution in [3.05, 3.63) is 16.4 Å². The number of aromatic nitrogens is 2. The van der Waals surface area contributed by atoms with Gasteiger partial charge in [0.1, 0.15) is 5.15 Å². The van der Waals surface area contributed by atoms with E-state index >= 15 is 0 Å². The summed E-state index contributed by atoms with van der Waals surface area (Å²) in [6, 6.07) is 0. The second kappa shape index (κ2) is 5.19. The zero-order chi connectivity index (χ0) is 12.3. The molecule has 1 N–H and O–H groups in total. The van der Waals surface area contributed by atoms with Gasteiger partial charge in [-0.3, -0.25) is 4.68 Å². The van der Waals surface area contributed by atoms with Gasteiger partial charge in [0.15, 0.2) is 0 Å². The first-order valence-electron chi connectivity index (χ1n) is 5.76. The number of nitrogens with zero attached hydrogens (tertiary/aromatic N) is 2. The molecule has 0 amide bonds. The minimum absolute atomic E-state index is 0.336. The molecule has 1 aromatic rings. The van der Waals surface area contributed by atoms with Crippen LogP contribution in [0.5, 0.6) is 0 Å². The molecule has 0 saturated heterocycles. The van der Waals surface area contributed by atoms with Gasteiger partial charge in [-0.2, -0.15) is 5.10 Å². The first-order valence-corrected chi connectivity index (χ1v) is 6.14. The Morgan fingerprint density at radius 3 is 2.50 bits per heavy atom. The topological polar surface area (TPSA) is 29.9 Å². The molecule has 3 nitrogen and oxygen atoms in total. The lowest BCUT2D eigenvalue weighted by Crippen LogP contribution is -2.28. The van der Waals surface area contributed by atoms with Gasteiger partial charge >= 0.3 is 0 Å². The molecule has 4 heteroatoms. The molecular weight excluding hydrogens is 222 g/mol. The van der Waals surface area contributed by atoms with E-state index in [1.54, 1.807) is 4.68 Å². The molecule has 92 valence electrons. The Labute approximate surface area is 103 Å². The zero-order valence-electron chi connectivity index (χ0n) is 10.9. The first kappa shape index (κ1) is 13.5. The highest BCUT2D eigenvalue weighted by atomic mass is 35.5. The number of hydrogen-bond acceptors (Lipinski definition) is 2. The summed E-state index contributed by atoms with van der Waals surface area (Å²) in [7, 11) is 1.87. The van der Waals surface area contributed by atoms with E-state index in [1.165, 1.54) is 6.42 Å². The molecule has 0 bridgehead atoms. The van der Waals surface area contributed by atoms with Gasteiger partial charge in [-0.1, -0.05) is 32.4 Å². The Morgan fingerprint density at radius 2 is 2.06 bits per heavy atom. The van der Waals surface area contributed by atoms with Crippen LogP contribution in [0.25, 0.3) is 0 Å². The van der Waals surface area contributed by atoms with Crippen molar-refractivity contribution in [2.45, 2.75) is 40.7 Å². The zero-order valence-corrected chi connectivity index (χ0v) is 11.6. The van der Waals surface area contributed by atoms with Gasteiger partial charge in [0.2, 0.25) is 0 Å². The fourth-order valence-corrected chi connectivity index (χ4v) is 1.77. The van der Waals surface area contributed by atoms with Crippen LogP contribution < -0.4 is 5.32 Å². The third kappa shape index (κ3) is 3.22. The van der Waals surface area contributed by atoms with E-state index in [1.807, 2.05) is 14.0 Å². The Kier molecular flexibility index (Phi) is 4.39. The maximum atomic E-state index is 6.16. The standard InChI is InChI=1S/C12H22ClN3/c1-6-12(3,4)8-14-7-10-9(2)15-16(5)11(10)13/h14H,6-8H2,1-5H3. The smallest absolute Gasteiger partial charge is 0.131 e. The highest BCUT2D eigenvalue weighted by molar-refractivity contribution is 6.30. The number of hydrogen-bond donors (Lipinski definition) is 1. The Hall–Kier alpha value is -0.540. The lowest BCUT2D eigenvalue weighted by Gasteiger charge is -2.22. The average molecular weight is 244 g/mol. The van der Waals surface area contributed by atoms with Gasteiger partial charge in [-0.05, 0) is 18.8 Å². The lowest BCUT2D eigenvalue weighted by molar-refractivity contribution is 0.327. The number of rotatable bonds is 5. The van der Waals surface area contributed by atoms with E-state index in [0.717, 1.165) is 29.5 Å². The van der Waals surface area contributed by atoms with E-state index in [4.69, 9.17) is 11.6 Å². The van der Waals surface area contributed by atoms with Crippen LogP contribution in [0.2, 0.25) is 5.15 Å². The third-order valence-electron chi connectivity index (χ3n) is 3.13. The predicted octanol–water partition coefficient (Wildman–Crippen LogP) is 2.91. The molecule has 0 aliphatic carbocycles. The van der Waals surface area contributed by atoms with Crippen LogP contribution in [0.3, 0.4) is 0 Å². The lowest BCUT2D eigenvalue weighted by atomic mass is 9.90. The highest BCUT2D eigenvalue weighted by Crippen LogP contribution is 2.20. The number of halogens is 1. The van der Waals surface area contributed by atoms with Gasteiger partial charge in [0, 0.05) is 25.7 Å². The first-order chi connectivity index (χ1) is 7.37. The third-order valence-corrected chi connectivity index (χ3v) is 3.61. The minimum atomic E-state index is 0.336. The van der Waals surface area contributed by atoms with Crippen LogP contribution in [0.4, 0.5) is 0 Å². The summed E-state index contributed by atoms with van der Waals surface area (Å²) >= 11 is 6.16. The fourth-order valence-electron chi connectivity index (χ4n) is 1.53. The van der Waals surface area contributed by atoms with Crippen LogP contribution in [0, 0.1) is 12.3 Å². The van der Waals surface area contributed by atoms with Crippen molar-refractivity contribution in [1.82, 2.24) is 15.1 Å². The summed E-state index contributed by atoms with van der Waals surface area (Å²) in [5.74, 6) is 0. The molecular formula is C12H22ClN3. The van der Waals surface area contributed by atoms with Crippen LogP contribution >= 0.6 is 11.6 Å². The summed E-state index contributed by atoms with van der Waals surface area (Å²) in [6.07, 6.45) is 1.17. The molecule has 0 atom stereocenters. The van der Waals surface area contributed by atoms with E-state index in [9.17, 15) is 0 Å². The molecule has 0 radical (unpaired) electrons. The van der Waals surface area contributed by atoms with Crippen molar-refractivity contribution in [2.24, 2.45) is 12.5 Å². The fraction of sp³-hybridized carbons (Fsp3) is 0.750. The molecule has 16 heavy (non-hydrogen) atoms. The van der Waals surface area contributed by atoms with Gasteiger partial charge in [-0.25, -0.2) is 0 Å². The minimum Gasteiger partial charge on any atom is -0.312 e. The van der Waals surface area contributed by atoms with Gasteiger partial charge in [-0.15, -0.1) is 0 Å². The van der Waals surface area contributed by atoms with Gasteiger partial charge < -0.3 is 5.32 Å². The monoisotopic (exact) mass is 243 g/mol. The second-order valence-corrected chi connectivity index (χ2v) is 5.46. The van der Waals surface area contributed by atoms with Crippen LogP contribution in [-0.4, -0.2) is 16.3 Å².